The number of benzene rings is 1. The van der Waals surface area contributed by atoms with Gasteiger partial charge in [0.05, 0.1) is 13.1 Å². The second-order valence-electron chi connectivity index (χ2n) is 5.35. The summed E-state index contributed by atoms with van der Waals surface area (Å²) >= 11 is 0. The monoisotopic (exact) mass is 445 g/mol. The van der Waals surface area contributed by atoms with Crippen molar-refractivity contribution < 1.29 is 4.39 Å². The lowest BCUT2D eigenvalue weighted by atomic mass is 10.2. The number of hydrogen-bond donors (Lipinski definition) is 1. The molecule has 0 bridgehead atoms. The Balaban J connectivity index is 0.00000208. The molecule has 2 aromatic rings. The molecular weight excluding hydrogens is 424 g/mol. The van der Waals surface area contributed by atoms with E-state index in [2.05, 4.69) is 24.9 Å². The van der Waals surface area contributed by atoms with Gasteiger partial charge in [-0.15, -0.1) is 24.0 Å². The predicted molar refractivity (Wildman–Crippen MR) is 102 cm³/mol. The van der Waals surface area contributed by atoms with E-state index in [1.807, 2.05) is 0 Å². The summed E-state index contributed by atoms with van der Waals surface area (Å²) in [5.74, 6) is 0.347. The van der Waals surface area contributed by atoms with E-state index in [-0.39, 0.29) is 29.8 Å². The van der Waals surface area contributed by atoms with Crippen LogP contribution in [0.4, 0.5) is 10.1 Å². The molecule has 0 unspecified atom stereocenters. The van der Waals surface area contributed by atoms with Crippen LogP contribution in [0.15, 0.2) is 41.9 Å². The van der Waals surface area contributed by atoms with Gasteiger partial charge in [0.15, 0.2) is 5.96 Å². The van der Waals surface area contributed by atoms with Gasteiger partial charge in [0.25, 0.3) is 0 Å². The summed E-state index contributed by atoms with van der Waals surface area (Å²) in [6.45, 7) is 4.52. The second-order valence-corrected chi connectivity index (χ2v) is 5.35. The predicted octanol–water partition coefficient (Wildman–Crippen LogP) is 1.17. The molecule has 1 aromatic carbocycles. The van der Waals surface area contributed by atoms with Crippen molar-refractivity contribution in [3.8, 4) is 0 Å². The third-order valence-corrected chi connectivity index (χ3v) is 3.86. The molecule has 0 radical (unpaired) electrons. The highest BCUT2D eigenvalue weighted by molar-refractivity contribution is 14.0. The average Bonchev–Trinajstić information content (AvgIpc) is 3.09. The molecule has 0 amide bonds. The molecule has 1 aliphatic rings. The number of rotatable bonds is 4. The van der Waals surface area contributed by atoms with Crippen LogP contribution in [0.25, 0.3) is 0 Å². The van der Waals surface area contributed by atoms with E-state index in [1.165, 1.54) is 18.5 Å². The normalized spacial score (nSPS) is 15.3. The number of hydrogen-bond acceptors (Lipinski definition) is 4. The number of nitrogens with two attached hydrogens (primary N) is 1. The van der Waals surface area contributed by atoms with Crippen LogP contribution < -0.4 is 10.6 Å². The van der Waals surface area contributed by atoms with Crippen LogP contribution in [0, 0.1) is 5.82 Å². The first-order chi connectivity index (χ1) is 11.2. The molecule has 1 fully saturated rings. The summed E-state index contributed by atoms with van der Waals surface area (Å²) in [6, 6.07) is 6.59. The second kappa shape index (κ2) is 8.81. The maximum atomic E-state index is 13.0. The van der Waals surface area contributed by atoms with Crippen molar-refractivity contribution in [1.29, 1.82) is 0 Å². The highest BCUT2D eigenvalue weighted by atomic mass is 127. The molecule has 7 nitrogen and oxygen atoms in total. The largest absolute Gasteiger partial charge is 0.370 e. The molecule has 24 heavy (non-hydrogen) atoms. The Morgan fingerprint density at radius 3 is 2.50 bits per heavy atom. The molecular formula is C15H21FIN7. The topological polar surface area (TPSA) is 75.6 Å². The van der Waals surface area contributed by atoms with Gasteiger partial charge in [-0.25, -0.2) is 9.37 Å². The number of nitrogens with zero attached hydrogens (tertiary/aromatic N) is 6. The van der Waals surface area contributed by atoms with Crippen molar-refractivity contribution >= 4 is 35.6 Å². The number of aliphatic imine (C=N–C) groups is 1. The van der Waals surface area contributed by atoms with Crippen LogP contribution in [-0.4, -0.2) is 58.3 Å². The lowest BCUT2D eigenvalue weighted by Gasteiger charge is -2.36. The van der Waals surface area contributed by atoms with Gasteiger partial charge in [-0.3, -0.25) is 9.67 Å². The third kappa shape index (κ3) is 4.79. The van der Waals surface area contributed by atoms with Gasteiger partial charge in [-0.2, -0.15) is 5.10 Å². The number of guanidine groups is 1. The molecule has 0 atom stereocenters. The van der Waals surface area contributed by atoms with Gasteiger partial charge in [0, 0.05) is 31.9 Å². The fourth-order valence-electron chi connectivity index (χ4n) is 2.56. The minimum Gasteiger partial charge on any atom is -0.370 e. The molecule has 2 heterocycles. The van der Waals surface area contributed by atoms with Gasteiger partial charge >= 0.3 is 0 Å². The summed E-state index contributed by atoms with van der Waals surface area (Å²) in [6.07, 6.45) is 3.16. The van der Waals surface area contributed by atoms with E-state index < -0.39 is 0 Å². The zero-order chi connectivity index (χ0) is 16.1. The van der Waals surface area contributed by atoms with E-state index in [1.54, 1.807) is 23.1 Å². The number of aromatic nitrogens is 3. The number of piperazine rings is 1. The fraction of sp³-hybridized carbons (Fsp3) is 0.400. The van der Waals surface area contributed by atoms with Crippen molar-refractivity contribution in [3.05, 3.63) is 42.7 Å². The smallest absolute Gasteiger partial charge is 0.191 e. The Kier molecular flexibility index (Phi) is 6.76. The Morgan fingerprint density at radius 1 is 1.17 bits per heavy atom. The average molecular weight is 445 g/mol. The number of anilines is 1. The summed E-state index contributed by atoms with van der Waals surface area (Å²) in [5, 5.41) is 4.02. The lowest BCUT2D eigenvalue weighted by molar-refractivity contribution is 0.380. The first kappa shape index (κ1) is 18.4. The van der Waals surface area contributed by atoms with Gasteiger partial charge in [-0.1, -0.05) is 0 Å². The van der Waals surface area contributed by atoms with E-state index in [9.17, 15) is 4.39 Å². The van der Waals surface area contributed by atoms with E-state index in [4.69, 9.17) is 5.73 Å². The Hall–Kier alpha value is -1.91. The van der Waals surface area contributed by atoms with Crippen LogP contribution in [0.3, 0.4) is 0 Å². The van der Waals surface area contributed by atoms with Gasteiger partial charge in [0.2, 0.25) is 0 Å². The Morgan fingerprint density at radius 2 is 1.88 bits per heavy atom. The zero-order valence-corrected chi connectivity index (χ0v) is 15.6. The van der Waals surface area contributed by atoms with Gasteiger partial charge < -0.3 is 15.5 Å². The maximum absolute atomic E-state index is 13.0. The highest BCUT2D eigenvalue weighted by Gasteiger charge is 2.18. The van der Waals surface area contributed by atoms with Crippen molar-refractivity contribution in [2.45, 2.75) is 6.54 Å². The van der Waals surface area contributed by atoms with Crippen LogP contribution in [0.5, 0.6) is 0 Å². The zero-order valence-electron chi connectivity index (χ0n) is 13.3. The first-order valence-electron chi connectivity index (χ1n) is 7.60. The van der Waals surface area contributed by atoms with Crippen LogP contribution in [0.2, 0.25) is 0 Å². The lowest BCUT2D eigenvalue weighted by Crippen LogP contribution is -2.51. The summed E-state index contributed by atoms with van der Waals surface area (Å²) in [7, 11) is 0. The molecule has 3 rings (SSSR count). The van der Waals surface area contributed by atoms with Crippen molar-refractivity contribution in [2.75, 3.05) is 37.6 Å². The van der Waals surface area contributed by atoms with Crippen molar-refractivity contribution in [1.82, 2.24) is 19.7 Å². The quantitative estimate of drug-likeness (QED) is 0.435. The highest BCUT2D eigenvalue weighted by Crippen LogP contribution is 2.16. The molecule has 2 N–H and O–H groups in total. The Labute approximate surface area is 157 Å². The summed E-state index contributed by atoms with van der Waals surface area (Å²) in [5.41, 5.74) is 7.09. The van der Waals surface area contributed by atoms with Crippen LogP contribution in [-0.2, 0) is 6.54 Å². The molecule has 9 heteroatoms. The standard InChI is InChI=1S/C15H20FN7.HI/c16-13-1-3-14(4-2-13)21-7-9-22(10-8-21)15(17)19-5-6-23-12-18-11-20-23;/h1-4,11-12H,5-10H2,(H2,17,19);1H. The minimum absolute atomic E-state index is 0. The summed E-state index contributed by atoms with van der Waals surface area (Å²) < 4.78 is 14.7. The maximum Gasteiger partial charge on any atom is 0.191 e. The van der Waals surface area contributed by atoms with Crippen molar-refractivity contribution in [3.63, 3.8) is 0 Å². The van der Waals surface area contributed by atoms with E-state index >= 15 is 0 Å². The van der Waals surface area contributed by atoms with Gasteiger partial charge in [-0.05, 0) is 24.3 Å². The van der Waals surface area contributed by atoms with E-state index in [0.717, 1.165) is 31.9 Å². The van der Waals surface area contributed by atoms with Crippen LogP contribution in [0.1, 0.15) is 0 Å². The molecule has 0 spiro atoms. The fourth-order valence-corrected chi connectivity index (χ4v) is 2.56. The first-order valence-corrected chi connectivity index (χ1v) is 7.60. The number of halogens is 2. The molecule has 1 saturated heterocycles. The SMILES string of the molecule is I.NC(=NCCn1cncn1)N1CCN(c2ccc(F)cc2)CC1. The van der Waals surface area contributed by atoms with Gasteiger partial charge in [0.1, 0.15) is 18.5 Å². The van der Waals surface area contributed by atoms with Crippen LogP contribution >= 0.6 is 24.0 Å². The minimum atomic E-state index is -0.212. The summed E-state index contributed by atoms with van der Waals surface area (Å²) in [4.78, 5) is 12.6. The van der Waals surface area contributed by atoms with Crippen molar-refractivity contribution in [2.24, 2.45) is 10.7 Å². The van der Waals surface area contributed by atoms with E-state index in [0.29, 0.717) is 19.0 Å². The molecule has 130 valence electrons. The molecule has 1 aliphatic heterocycles. The third-order valence-electron chi connectivity index (χ3n) is 3.86. The Bertz CT molecular complexity index is 636. The molecule has 1 aromatic heterocycles. The molecule has 0 saturated carbocycles. The molecule has 0 aliphatic carbocycles.